The molecule has 1 unspecified atom stereocenters. The molecular formula is C10H16N2O2S. The van der Waals surface area contributed by atoms with Crippen LogP contribution in [0.3, 0.4) is 0 Å². The normalized spacial score (nSPS) is 12.8. The Balaban J connectivity index is 2.66. The molecule has 5 heteroatoms. The first kappa shape index (κ1) is 12.1. The summed E-state index contributed by atoms with van der Waals surface area (Å²) in [5, 5.41) is 5.00. The Morgan fingerprint density at radius 2 is 2.40 bits per heavy atom. The average Bonchev–Trinajstić information content (AvgIpc) is 2.70. The second-order valence-corrected chi connectivity index (χ2v) is 4.39. The number of nitrogens with one attached hydrogen (secondary N) is 1. The molecule has 0 bridgehead atoms. The summed E-state index contributed by atoms with van der Waals surface area (Å²) in [6.07, 6.45) is 0. The number of methoxy groups -OCH3 is 1. The summed E-state index contributed by atoms with van der Waals surface area (Å²) < 4.78 is 4.73. The van der Waals surface area contributed by atoms with Crippen molar-refractivity contribution in [3.8, 4) is 0 Å². The van der Waals surface area contributed by atoms with Crippen molar-refractivity contribution < 1.29 is 9.53 Å². The lowest BCUT2D eigenvalue weighted by molar-refractivity contribution is -0.143. The minimum atomic E-state index is -0.441. The highest BCUT2D eigenvalue weighted by molar-refractivity contribution is 7.07. The van der Waals surface area contributed by atoms with E-state index in [0.717, 1.165) is 12.2 Å². The van der Waals surface area contributed by atoms with Gasteiger partial charge in [-0.3, -0.25) is 5.32 Å². The Hall–Kier alpha value is -0.940. The van der Waals surface area contributed by atoms with Crippen molar-refractivity contribution in [1.82, 2.24) is 10.3 Å². The number of hydrogen-bond acceptors (Lipinski definition) is 5. The molecule has 0 saturated heterocycles. The zero-order valence-corrected chi connectivity index (χ0v) is 10.0. The summed E-state index contributed by atoms with van der Waals surface area (Å²) >= 11 is 1.47. The molecule has 0 aliphatic carbocycles. The maximum absolute atomic E-state index is 11.5. The van der Waals surface area contributed by atoms with Crippen LogP contribution in [0.15, 0.2) is 10.9 Å². The number of carbonyl (C=O) groups is 1. The van der Waals surface area contributed by atoms with Gasteiger partial charge in [-0.05, 0) is 12.5 Å². The van der Waals surface area contributed by atoms with Gasteiger partial charge in [0.25, 0.3) is 0 Å². The molecule has 1 heterocycles. The van der Waals surface area contributed by atoms with Crippen LogP contribution in [0.2, 0.25) is 0 Å². The molecule has 1 rings (SSSR count). The maximum atomic E-state index is 11.5. The van der Waals surface area contributed by atoms with E-state index in [1.165, 1.54) is 18.4 Å². The van der Waals surface area contributed by atoms with Gasteiger partial charge in [0.15, 0.2) is 0 Å². The van der Waals surface area contributed by atoms with Gasteiger partial charge in [0.1, 0.15) is 6.04 Å². The van der Waals surface area contributed by atoms with E-state index in [0.29, 0.717) is 5.92 Å². The molecule has 0 aromatic carbocycles. The van der Waals surface area contributed by atoms with Crippen molar-refractivity contribution in [3.63, 3.8) is 0 Å². The minimum Gasteiger partial charge on any atom is -0.468 e. The third-order valence-electron chi connectivity index (χ3n) is 1.91. The Labute approximate surface area is 93.7 Å². The van der Waals surface area contributed by atoms with Crippen LogP contribution in [-0.4, -0.2) is 24.6 Å². The average molecular weight is 228 g/mol. The van der Waals surface area contributed by atoms with Crippen molar-refractivity contribution in [2.75, 3.05) is 13.7 Å². The zero-order valence-electron chi connectivity index (χ0n) is 9.19. The molecule has 0 amide bonds. The fraction of sp³-hybridized carbons (Fsp3) is 0.600. The van der Waals surface area contributed by atoms with Gasteiger partial charge in [0, 0.05) is 5.38 Å². The van der Waals surface area contributed by atoms with Crippen molar-refractivity contribution >= 4 is 17.3 Å². The van der Waals surface area contributed by atoms with E-state index < -0.39 is 6.04 Å². The van der Waals surface area contributed by atoms with Crippen LogP contribution < -0.4 is 5.32 Å². The van der Waals surface area contributed by atoms with Gasteiger partial charge in [-0.25, -0.2) is 9.78 Å². The van der Waals surface area contributed by atoms with Crippen LogP contribution >= 0.6 is 11.3 Å². The number of nitrogens with zero attached hydrogens (tertiary/aromatic N) is 1. The fourth-order valence-corrected chi connectivity index (χ4v) is 1.72. The second kappa shape index (κ2) is 5.82. The fourth-order valence-electron chi connectivity index (χ4n) is 1.14. The third-order valence-corrected chi connectivity index (χ3v) is 2.52. The lowest BCUT2D eigenvalue weighted by Gasteiger charge is -2.15. The van der Waals surface area contributed by atoms with Gasteiger partial charge < -0.3 is 4.74 Å². The number of esters is 1. The first-order valence-corrected chi connectivity index (χ1v) is 5.78. The number of carbonyl (C=O) groups excluding carboxylic acids is 1. The van der Waals surface area contributed by atoms with E-state index in [-0.39, 0.29) is 5.97 Å². The molecule has 0 radical (unpaired) electrons. The molecule has 0 aliphatic heterocycles. The summed E-state index contributed by atoms with van der Waals surface area (Å²) in [5.41, 5.74) is 2.44. The Morgan fingerprint density at radius 3 is 2.87 bits per heavy atom. The van der Waals surface area contributed by atoms with Gasteiger partial charge in [0.2, 0.25) is 0 Å². The molecule has 0 fully saturated rings. The van der Waals surface area contributed by atoms with Gasteiger partial charge in [-0.1, -0.05) is 13.8 Å². The molecule has 0 saturated carbocycles. The molecule has 84 valence electrons. The number of ether oxygens (including phenoxy) is 1. The van der Waals surface area contributed by atoms with Crippen molar-refractivity contribution in [1.29, 1.82) is 0 Å². The van der Waals surface area contributed by atoms with Crippen molar-refractivity contribution in [2.45, 2.75) is 19.9 Å². The van der Waals surface area contributed by atoms with Crippen LogP contribution in [0.5, 0.6) is 0 Å². The lowest BCUT2D eigenvalue weighted by atomic mass is 10.2. The van der Waals surface area contributed by atoms with Crippen molar-refractivity contribution in [3.05, 3.63) is 16.6 Å². The molecule has 1 aromatic rings. The standard InChI is InChI=1S/C10H16N2O2S/c1-7(2)4-11-9(10(13)14-3)8-5-15-6-12-8/h5-7,9,11H,4H2,1-3H3. The highest BCUT2D eigenvalue weighted by Gasteiger charge is 2.22. The van der Waals surface area contributed by atoms with Crippen LogP contribution in [0.1, 0.15) is 25.6 Å². The SMILES string of the molecule is COC(=O)C(NCC(C)C)c1cscn1. The highest BCUT2D eigenvalue weighted by atomic mass is 32.1. The zero-order chi connectivity index (χ0) is 11.3. The molecule has 1 atom stereocenters. The highest BCUT2D eigenvalue weighted by Crippen LogP contribution is 2.14. The Kier molecular flexibility index (Phi) is 4.71. The van der Waals surface area contributed by atoms with E-state index >= 15 is 0 Å². The maximum Gasteiger partial charge on any atom is 0.329 e. The van der Waals surface area contributed by atoms with Crippen LogP contribution in [0, 0.1) is 5.92 Å². The predicted molar refractivity (Wildman–Crippen MR) is 59.7 cm³/mol. The van der Waals surface area contributed by atoms with E-state index in [1.54, 1.807) is 5.51 Å². The van der Waals surface area contributed by atoms with Crippen LogP contribution in [0.25, 0.3) is 0 Å². The van der Waals surface area contributed by atoms with Crippen molar-refractivity contribution in [2.24, 2.45) is 5.92 Å². The third kappa shape index (κ3) is 3.60. The van der Waals surface area contributed by atoms with E-state index in [9.17, 15) is 4.79 Å². The quantitative estimate of drug-likeness (QED) is 0.778. The van der Waals surface area contributed by atoms with E-state index in [1.807, 2.05) is 5.38 Å². The second-order valence-electron chi connectivity index (χ2n) is 3.67. The monoisotopic (exact) mass is 228 g/mol. The summed E-state index contributed by atoms with van der Waals surface area (Å²) in [7, 11) is 1.39. The van der Waals surface area contributed by atoms with Gasteiger partial charge in [-0.2, -0.15) is 0 Å². The first-order chi connectivity index (χ1) is 7.15. The first-order valence-electron chi connectivity index (χ1n) is 4.84. The smallest absolute Gasteiger partial charge is 0.329 e. The lowest BCUT2D eigenvalue weighted by Crippen LogP contribution is -2.32. The van der Waals surface area contributed by atoms with E-state index in [2.05, 4.69) is 24.1 Å². The number of thiazole rings is 1. The minimum absolute atomic E-state index is 0.290. The predicted octanol–water partition coefficient (Wildman–Crippen LogP) is 1.60. The van der Waals surface area contributed by atoms with Gasteiger partial charge >= 0.3 is 5.97 Å². The van der Waals surface area contributed by atoms with Gasteiger partial charge in [0.05, 0.1) is 18.3 Å². The summed E-state index contributed by atoms with van der Waals surface area (Å²) in [4.78, 5) is 15.6. The van der Waals surface area contributed by atoms with Crippen LogP contribution in [0.4, 0.5) is 0 Å². The molecular weight excluding hydrogens is 212 g/mol. The summed E-state index contributed by atoms with van der Waals surface area (Å²) in [5.74, 6) is 0.192. The largest absolute Gasteiger partial charge is 0.468 e. The molecule has 1 aromatic heterocycles. The summed E-state index contributed by atoms with van der Waals surface area (Å²) in [6, 6.07) is -0.441. The molecule has 4 nitrogen and oxygen atoms in total. The van der Waals surface area contributed by atoms with Crippen LogP contribution in [-0.2, 0) is 9.53 Å². The molecule has 0 spiro atoms. The topological polar surface area (TPSA) is 51.2 Å². The van der Waals surface area contributed by atoms with E-state index in [4.69, 9.17) is 4.74 Å². The number of aromatic nitrogens is 1. The van der Waals surface area contributed by atoms with Gasteiger partial charge in [-0.15, -0.1) is 11.3 Å². The molecule has 1 N–H and O–H groups in total. The number of rotatable bonds is 5. The molecule has 0 aliphatic rings. The molecule has 15 heavy (non-hydrogen) atoms. The number of hydrogen-bond donors (Lipinski definition) is 1. The summed E-state index contributed by atoms with van der Waals surface area (Å²) in [6.45, 7) is 4.93. The Morgan fingerprint density at radius 1 is 1.67 bits per heavy atom. The Bertz CT molecular complexity index is 298.